The topological polar surface area (TPSA) is 61.1 Å². The summed E-state index contributed by atoms with van der Waals surface area (Å²) < 4.78 is 6.14. The lowest BCUT2D eigenvalue weighted by Crippen LogP contribution is -2.65. The normalized spacial score (nSPS) is 21.2. The lowest BCUT2D eigenvalue weighted by molar-refractivity contribution is -0.0652. The van der Waals surface area contributed by atoms with Gasteiger partial charge >= 0.3 is 0 Å². The summed E-state index contributed by atoms with van der Waals surface area (Å²) in [5.74, 6) is 1.61. The van der Waals surface area contributed by atoms with Gasteiger partial charge in [0.25, 0.3) is 0 Å². The number of piperidine rings is 2. The van der Waals surface area contributed by atoms with Gasteiger partial charge in [-0.2, -0.15) is 0 Å². The molecule has 4 aliphatic heterocycles. The highest BCUT2D eigenvalue weighted by atomic mass is 35.5. The summed E-state index contributed by atoms with van der Waals surface area (Å²) in [6, 6.07) is 17.2. The fraction of sp³-hybridized carbons (Fsp3) is 0.528. The summed E-state index contributed by atoms with van der Waals surface area (Å²) in [6.07, 6.45) is 6.96. The number of rotatable bonds is 8. The summed E-state index contributed by atoms with van der Waals surface area (Å²) in [7, 11) is 0. The quantitative estimate of drug-likeness (QED) is 0.312. The van der Waals surface area contributed by atoms with Gasteiger partial charge in [-0.05, 0) is 72.6 Å². The van der Waals surface area contributed by atoms with Crippen LogP contribution in [0.25, 0.3) is 4.85 Å². The molecule has 0 atom stereocenters. The zero-order chi connectivity index (χ0) is 31.0. The van der Waals surface area contributed by atoms with Crippen molar-refractivity contribution in [2.75, 3.05) is 57.3 Å². The molecule has 1 aromatic heterocycles. The number of halogens is 1. The predicted molar refractivity (Wildman–Crippen MR) is 179 cm³/mol. The lowest BCUT2D eigenvalue weighted by atomic mass is 9.71. The highest BCUT2D eigenvalue weighted by Crippen LogP contribution is 2.43. The molecule has 3 aromatic rings. The number of nitrogens with zero attached hydrogens (tertiary/aromatic N) is 6. The van der Waals surface area contributed by atoms with Crippen LogP contribution in [-0.2, 0) is 12.0 Å². The zero-order valence-corrected chi connectivity index (χ0v) is 27.3. The van der Waals surface area contributed by atoms with Crippen LogP contribution in [0.1, 0.15) is 56.4 Å². The van der Waals surface area contributed by atoms with Gasteiger partial charge in [0.2, 0.25) is 5.95 Å². The minimum atomic E-state index is -0.305. The molecule has 1 N–H and O–H groups in total. The zero-order valence-electron chi connectivity index (χ0n) is 26.5. The van der Waals surface area contributed by atoms with E-state index in [4.69, 9.17) is 27.9 Å². The van der Waals surface area contributed by atoms with E-state index in [0.717, 1.165) is 53.7 Å². The van der Waals surface area contributed by atoms with Gasteiger partial charge in [0.15, 0.2) is 5.69 Å². The molecule has 7 rings (SSSR count). The maximum atomic E-state index is 7.38. The Labute approximate surface area is 272 Å². The minimum absolute atomic E-state index is 0.305. The third-order valence-electron chi connectivity index (χ3n) is 10.9. The van der Waals surface area contributed by atoms with Crippen molar-refractivity contribution in [3.63, 3.8) is 0 Å². The van der Waals surface area contributed by atoms with E-state index in [0.29, 0.717) is 22.7 Å². The molecule has 8 nitrogen and oxygen atoms in total. The van der Waals surface area contributed by atoms with E-state index in [1.807, 2.05) is 36.5 Å². The fourth-order valence-electron chi connectivity index (χ4n) is 7.63. The molecule has 4 aliphatic rings. The molecule has 4 saturated heterocycles. The second-order valence-corrected chi connectivity index (χ2v) is 14.5. The first-order valence-corrected chi connectivity index (χ1v) is 16.9. The van der Waals surface area contributed by atoms with Gasteiger partial charge in [-0.25, -0.2) is 14.8 Å². The van der Waals surface area contributed by atoms with Crippen LogP contribution in [0.4, 0.5) is 11.6 Å². The van der Waals surface area contributed by atoms with Gasteiger partial charge in [0, 0.05) is 81.1 Å². The molecule has 4 fully saturated rings. The first-order valence-electron chi connectivity index (χ1n) is 16.5. The molecule has 0 aliphatic carbocycles. The fourth-order valence-corrected chi connectivity index (χ4v) is 7.86. The van der Waals surface area contributed by atoms with Crippen LogP contribution in [0.2, 0.25) is 5.02 Å². The van der Waals surface area contributed by atoms with E-state index in [-0.39, 0.29) is 5.41 Å². The number of nitrogens with one attached hydrogen (secondary N) is 1. The third-order valence-corrected chi connectivity index (χ3v) is 11.1. The molecule has 0 unspecified atom stereocenters. The lowest BCUT2D eigenvalue weighted by Gasteiger charge is -2.57. The van der Waals surface area contributed by atoms with Crippen molar-refractivity contribution in [1.82, 2.24) is 25.1 Å². The SMILES string of the molecule is [C-]#[N+]c1cc(Cl)cc(C(C)(C)c2ccc(OCc3ccnc(N4CCC5(CC4)CN(C4CCN(C6CNC6)CC4)C5)n3)cc2)c1. The van der Waals surface area contributed by atoms with Crippen LogP contribution >= 0.6 is 11.6 Å². The van der Waals surface area contributed by atoms with Crippen LogP contribution in [0.3, 0.4) is 0 Å². The van der Waals surface area contributed by atoms with E-state index in [1.54, 1.807) is 6.07 Å². The minimum Gasteiger partial charge on any atom is -0.487 e. The number of ether oxygens (including phenoxy) is 1. The first kappa shape index (κ1) is 30.4. The van der Waals surface area contributed by atoms with Crippen LogP contribution in [0, 0.1) is 12.0 Å². The van der Waals surface area contributed by atoms with Gasteiger partial charge in [-0.15, -0.1) is 0 Å². The highest BCUT2D eigenvalue weighted by molar-refractivity contribution is 6.31. The molecular formula is C36H44ClN7O. The number of anilines is 1. The van der Waals surface area contributed by atoms with E-state index in [1.165, 1.54) is 65.0 Å². The van der Waals surface area contributed by atoms with Crippen molar-refractivity contribution in [2.45, 2.75) is 63.6 Å². The maximum Gasteiger partial charge on any atom is 0.225 e. The maximum absolute atomic E-state index is 7.38. The Bertz CT molecular complexity index is 1530. The summed E-state index contributed by atoms with van der Waals surface area (Å²) in [4.78, 5) is 20.9. The molecule has 1 spiro atoms. The Hall–Kier alpha value is -3.22. The molecule has 236 valence electrons. The third kappa shape index (κ3) is 6.41. The van der Waals surface area contributed by atoms with Crippen LogP contribution in [-0.4, -0.2) is 84.2 Å². The van der Waals surface area contributed by atoms with Crippen molar-refractivity contribution >= 4 is 23.2 Å². The number of likely N-dealkylation sites (tertiary alicyclic amines) is 2. The number of hydrogen-bond acceptors (Lipinski definition) is 7. The summed E-state index contributed by atoms with van der Waals surface area (Å²) in [5.41, 5.74) is 3.76. The smallest absolute Gasteiger partial charge is 0.225 e. The van der Waals surface area contributed by atoms with Crippen LogP contribution in [0.5, 0.6) is 5.75 Å². The second-order valence-electron chi connectivity index (χ2n) is 14.1. The van der Waals surface area contributed by atoms with Crippen LogP contribution < -0.4 is 15.0 Å². The predicted octanol–water partition coefficient (Wildman–Crippen LogP) is 5.92. The number of aromatic nitrogens is 2. The van der Waals surface area contributed by atoms with Gasteiger partial charge in [-0.1, -0.05) is 43.6 Å². The van der Waals surface area contributed by atoms with Crippen molar-refractivity contribution in [1.29, 1.82) is 0 Å². The first-order chi connectivity index (χ1) is 21.8. The Morgan fingerprint density at radius 3 is 2.36 bits per heavy atom. The van der Waals surface area contributed by atoms with E-state index < -0.39 is 0 Å². The van der Waals surface area contributed by atoms with Crippen LogP contribution in [0.15, 0.2) is 54.7 Å². The van der Waals surface area contributed by atoms with E-state index in [9.17, 15) is 0 Å². The largest absolute Gasteiger partial charge is 0.487 e. The summed E-state index contributed by atoms with van der Waals surface area (Å²) >= 11 is 6.30. The highest BCUT2D eigenvalue weighted by Gasteiger charge is 2.47. The number of hydrogen-bond donors (Lipinski definition) is 1. The molecule has 0 radical (unpaired) electrons. The van der Waals surface area contributed by atoms with E-state index >= 15 is 0 Å². The molecule has 0 bridgehead atoms. The molecule has 2 aromatic carbocycles. The monoisotopic (exact) mass is 625 g/mol. The van der Waals surface area contributed by atoms with Gasteiger partial charge in [0.05, 0.1) is 12.3 Å². The average molecular weight is 626 g/mol. The second kappa shape index (κ2) is 12.5. The Kier molecular flexibility index (Phi) is 8.47. The van der Waals surface area contributed by atoms with Crippen molar-refractivity contribution in [3.05, 3.63) is 88.0 Å². The molecule has 45 heavy (non-hydrogen) atoms. The molecular weight excluding hydrogens is 582 g/mol. The van der Waals surface area contributed by atoms with Crippen molar-refractivity contribution in [3.8, 4) is 5.75 Å². The molecule has 0 saturated carbocycles. The average Bonchev–Trinajstić information content (AvgIpc) is 3.02. The Balaban J connectivity index is 0.893. The summed E-state index contributed by atoms with van der Waals surface area (Å²) in [5, 5.41) is 4.00. The van der Waals surface area contributed by atoms with Crippen molar-refractivity contribution in [2.24, 2.45) is 5.41 Å². The van der Waals surface area contributed by atoms with Gasteiger partial charge in [-0.3, -0.25) is 9.80 Å². The summed E-state index contributed by atoms with van der Waals surface area (Å²) in [6.45, 7) is 21.5. The Morgan fingerprint density at radius 1 is 0.956 bits per heavy atom. The number of benzene rings is 2. The van der Waals surface area contributed by atoms with Gasteiger partial charge < -0.3 is 15.0 Å². The van der Waals surface area contributed by atoms with Gasteiger partial charge in [0.1, 0.15) is 12.4 Å². The van der Waals surface area contributed by atoms with E-state index in [2.05, 4.69) is 55.8 Å². The molecule has 5 heterocycles. The van der Waals surface area contributed by atoms with Crippen molar-refractivity contribution < 1.29 is 4.74 Å². The Morgan fingerprint density at radius 2 is 1.69 bits per heavy atom. The molecule has 0 amide bonds. The standard InChI is InChI=1S/C36H44ClN7O/c1-35(2,27-18-28(37)20-30(19-27)38-3)26-4-6-33(7-5-26)45-23-29-8-13-40-34(41-29)43-16-11-36(12-17-43)24-44(25-36)31-9-14-42(15-10-31)32-21-39-22-32/h4-8,13,18-20,31-32,39H,9-12,14-17,21-25H2,1-2H3. The molecule has 9 heteroatoms.